The van der Waals surface area contributed by atoms with Crippen molar-refractivity contribution in [3.63, 3.8) is 0 Å². The summed E-state index contributed by atoms with van der Waals surface area (Å²) in [6.45, 7) is 6.89. The monoisotopic (exact) mass is 248 g/mol. The molecule has 3 heteroatoms. The first-order valence-corrected chi connectivity index (χ1v) is 7.20. The number of carbonyl (C=O) groups excluding carboxylic acids is 1. The Morgan fingerprint density at radius 1 is 1.28 bits per heavy atom. The van der Waals surface area contributed by atoms with E-state index in [2.05, 4.69) is 9.78 Å². The quantitative estimate of drug-likeness (QED) is 0.762. The molecule has 0 amide bonds. The Hall–Kier alpha value is -1.12. The van der Waals surface area contributed by atoms with Crippen LogP contribution in [0.25, 0.3) is 0 Å². The van der Waals surface area contributed by atoms with E-state index in [0.29, 0.717) is 6.42 Å². The summed E-state index contributed by atoms with van der Waals surface area (Å²) >= 11 is 0. The van der Waals surface area contributed by atoms with Crippen molar-refractivity contribution in [2.45, 2.75) is 65.8 Å². The zero-order valence-corrected chi connectivity index (χ0v) is 11.8. The van der Waals surface area contributed by atoms with Crippen LogP contribution in [0.4, 0.5) is 0 Å². The maximum Gasteiger partial charge on any atom is 0.166 e. The largest absolute Gasteiger partial charge is 0.294 e. The molecule has 18 heavy (non-hydrogen) atoms. The maximum atomic E-state index is 11.9. The Bertz CT molecular complexity index is 428. The highest BCUT2D eigenvalue weighted by Crippen LogP contribution is 2.26. The first-order valence-electron chi connectivity index (χ1n) is 7.20. The van der Waals surface area contributed by atoms with E-state index in [1.54, 1.807) is 0 Å². The lowest BCUT2D eigenvalue weighted by molar-refractivity contribution is 0.0987. The van der Waals surface area contributed by atoms with Gasteiger partial charge in [-0.3, -0.25) is 9.48 Å². The summed E-state index contributed by atoms with van der Waals surface area (Å²) in [5.41, 5.74) is 2.81. The van der Waals surface area contributed by atoms with Gasteiger partial charge in [0.25, 0.3) is 0 Å². The van der Waals surface area contributed by atoms with Crippen LogP contribution in [-0.2, 0) is 6.54 Å². The van der Waals surface area contributed by atoms with Gasteiger partial charge in [0, 0.05) is 18.7 Å². The van der Waals surface area contributed by atoms with Gasteiger partial charge in [-0.1, -0.05) is 26.2 Å². The summed E-state index contributed by atoms with van der Waals surface area (Å²) in [5, 5.41) is 4.57. The molecule has 0 radical (unpaired) electrons. The van der Waals surface area contributed by atoms with Gasteiger partial charge >= 0.3 is 0 Å². The molecule has 3 nitrogen and oxygen atoms in total. The van der Waals surface area contributed by atoms with E-state index < -0.39 is 0 Å². The Morgan fingerprint density at radius 2 is 1.94 bits per heavy atom. The van der Waals surface area contributed by atoms with Gasteiger partial charge in [-0.15, -0.1) is 0 Å². The zero-order chi connectivity index (χ0) is 13.1. The Labute approximate surface area is 110 Å². The SMILES string of the molecule is CCC(=O)c1c(C)nn(CC2CCCCC2)c1C. The molecule has 1 saturated carbocycles. The van der Waals surface area contributed by atoms with E-state index in [1.165, 1.54) is 32.1 Å². The van der Waals surface area contributed by atoms with E-state index >= 15 is 0 Å². The molecule has 100 valence electrons. The summed E-state index contributed by atoms with van der Waals surface area (Å²) in [4.78, 5) is 11.9. The first kappa shape index (κ1) is 13.3. The van der Waals surface area contributed by atoms with Crippen LogP contribution in [0.5, 0.6) is 0 Å². The number of carbonyl (C=O) groups is 1. The molecule has 0 bridgehead atoms. The summed E-state index contributed by atoms with van der Waals surface area (Å²) in [6, 6.07) is 0. The number of nitrogens with zero attached hydrogens (tertiary/aromatic N) is 2. The van der Waals surface area contributed by atoms with Gasteiger partial charge in [0.05, 0.1) is 11.3 Å². The molecular formula is C15H24N2O. The lowest BCUT2D eigenvalue weighted by Crippen LogP contribution is -2.16. The molecule has 0 N–H and O–H groups in total. The van der Waals surface area contributed by atoms with Crippen LogP contribution in [0, 0.1) is 19.8 Å². The molecule has 0 spiro atoms. The molecule has 1 heterocycles. The molecule has 1 fully saturated rings. The summed E-state index contributed by atoms with van der Waals surface area (Å²) in [7, 11) is 0. The molecule has 1 aromatic rings. The number of ketones is 1. The fraction of sp³-hybridized carbons (Fsp3) is 0.733. The predicted molar refractivity (Wildman–Crippen MR) is 72.9 cm³/mol. The highest BCUT2D eigenvalue weighted by atomic mass is 16.1. The third-order valence-corrected chi connectivity index (χ3v) is 4.14. The van der Waals surface area contributed by atoms with Crippen molar-refractivity contribution >= 4 is 5.78 Å². The molecule has 0 atom stereocenters. The van der Waals surface area contributed by atoms with E-state index in [0.717, 1.165) is 29.4 Å². The van der Waals surface area contributed by atoms with Gasteiger partial charge in [-0.05, 0) is 32.6 Å². The topological polar surface area (TPSA) is 34.9 Å². The number of aromatic nitrogens is 2. The molecule has 1 aromatic heterocycles. The third-order valence-electron chi connectivity index (χ3n) is 4.14. The van der Waals surface area contributed by atoms with Gasteiger partial charge in [-0.2, -0.15) is 5.10 Å². The minimum absolute atomic E-state index is 0.222. The molecule has 2 rings (SSSR count). The van der Waals surface area contributed by atoms with Gasteiger partial charge in [-0.25, -0.2) is 0 Å². The average Bonchev–Trinajstić information content (AvgIpc) is 2.65. The molecule has 1 aliphatic rings. The number of hydrogen-bond donors (Lipinski definition) is 0. The highest BCUT2D eigenvalue weighted by Gasteiger charge is 2.20. The van der Waals surface area contributed by atoms with Crippen molar-refractivity contribution in [1.29, 1.82) is 0 Å². The van der Waals surface area contributed by atoms with Gasteiger partial charge < -0.3 is 0 Å². The Kier molecular flexibility index (Phi) is 4.20. The van der Waals surface area contributed by atoms with E-state index in [4.69, 9.17) is 0 Å². The lowest BCUT2D eigenvalue weighted by atomic mass is 9.89. The van der Waals surface area contributed by atoms with Crippen molar-refractivity contribution < 1.29 is 4.79 Å². The maximum absolute atomic E-state index is 11.9. The zero-order valence-electron chi connectivity index (χ0n) is 11.8. The van der Waals surface area contributed by atoms with Gasteiger partial charge in [0.1, 0.15) is 0 Å². The fourth-order valence-electron chi connectivity index (χ4n) is 3.07. The van der Waals surface area contributed by atoms with E-state index in [9.17, 15) is 4.79 Å². The third kappa shape index (κ3) is 2.65. The Morgan fingerprint density at radius 3 is 2.56 bits per heavy atom. The average molecular weight is 248 g/mol. The van der Waals surface area contributed by atoms with Crippen molar-refractivity contribution in [2.75, 3.05) is 0 Å². The smallest absolute Gasteiger partial charge is 0.166 e. The summed E-state index contributed by atoms with van der Waals surface area (Å²) < 4.78 is 2.06. The molecule has 0 saturated heterocycles. The second kappa shape index (κ2) is 5.68. The van der Waals surface area contributed by atoms with Crippen LogP contribution in [-0.4, -0.2) is 15.6 Å². The second-order valence-corrected chi connectivity index (χ2v) is 5.51. The Balaban J connectivity index is 2.16. The molecule has 1 aliphatic carbocycles. The van der Waals surface area contributed by atoms with Crippen molar-refractivity contribution in [1.82, 2.24) is 9.78 Å². The minimum Gasteiger partial charge on any atom is -0.294 e. The van der Waals surface area contributed by atoms with Crippen LogP contribution in [0.15, 0.2) is 0 Å². The summed E-state index contributed by atoms with van der Waals surface area (Å²) in [5.74, 6) is 0.973. The van der Waals surface area contributed by atoms with Crippen LogP contribution < -0.4 is 0 Å². The second-order valence-electron chi connectivity index (χ2n) is 5.51. The highest BCUT2D eigenvalue weighted by molar-refractivity contribution is 5.97. The van der Waals surface area contributed by atoms with Crippen molar-refractivity contribution in [3.8, 4) is 0 Å². The predicted octanol–water partition coefficient (Wildman–Crippen LogP) is 3.67. The molecule has 0 aromatic carbocycles. The van der Waals surface area contributed by atoms with Gasteiger partial charge in [0.2, 0.25) is 0 Å². The number of aryl methyl sites for hydroxylation is 1. The molecule has 0 aliphatic heterocycles. The first-order chi connectivity index (χ1) is 8.63. The van der Waals surface area contributed by atoms with Crippen molar-refractivity contribution in [2.24, 2.45) is 5.92 Å². The lowest BCUT2D eigenvalue weighted by Gasteiger charge is -2.22. The van der Waals surface area contributed by atoms with Crippen LogP contribution in [0.3, 0.4) is 0 Å². The van der Waals surface area contributed by atoms with Crippen LogP contribution in [0.2, 0.25) is 0 Å². The van der Waals surface area contributed by atoms with E-state index in [-0.39, 0.29) is 5.78 Å². The van der Waals surface area contributed by atoms with Crippen LogP contribution in [0.1, 0.15) is 67.2 Å². The number of rotatable bonds is 4. The van der Waals surface area contributed by atoms with E-state index in [1.807, 2.05) is 20.8 Å². The van der Waals surface area contributed by atoms with Gasteiger partial charge in [0.15, 0.2) is 5.78 Å². The van der Waals surface area contributed by atoms with Crippen molar-refractivity contribution in [3.05, 3.63) is 17.0 Å². The number of Topliss-reactive ketones (excluding diaryl/α,β-unsaturated/α-hetero) is 1. The standard InChI is InChI=1S/C15H24N2O/c1-4-14(18)15-11(2)16-17(12(15)3)10-13-8-6-5-7-9-13/h13H,4-10H2,1-3H3. The molecular weight excluding hydrogens is 224 g/mol. The molecule has 0 unspecified atom stereocenters. The van der Waals surface area contributed by atoms with Crippen LogP contribution >= 0.6 is 0 Å². The fourth-order valence-corrected chi connectivity index (χ4v) is 3.07. The summed E-state index contributed by atoms with van der Waals surface area (Å²) in [6.07, 6.45) is 7.28. The normalized spacial score (nSPS) is 17.1. The minimum atomic E-state index is 0.222. The number of hydrogen-bond acceptors (Lipinski definition) is 2.